The van der Waals surface area contributed by atoms with Crippen molar-refractivity contribution in [3.05, 3.63) is 66.0 Å². The lowest BCUT2D eigenvalue weighted by Crippen LogP contribution is -2.13. The van der Waals surface area contributed by atoms with Crippen molar-refractivity contribution >= 4 is 9.84 Å². The van der Waals surface area contributed by atoms with Crippen LogP contribution >= 0.6 is 0 Å². The quantitative estimate of drug-likeness (QED) is 0.505. The molecule has 0 aliphatic heterocycles. The number of benzene rings is 2. The van der Waals surface area contributed by atoms with Crippen LogP contribution in [0.25, 0.3) is 16.8 Å². The first-order valence-corrected chi connectivity index (χ1v) is 10.1. The highest BCUT2D eigenvalue weighted by molar-refractivity contribution is 7.91. The van der Waals surface area contributed by atoms with Crippen molar-refractivity contribution < 1.29 is 34.8 Å². The van der Waals surface area contributed by atoms with Crippen LogP contribution in [0.15, 0.2) is 59.8 Å². The molecule has 3 rings (SSSR count). The van der Waals surface area contributed by atoms with Gasteiger partial charge in [0.05, 0.1) is 33.7 Å². The molecule has 3 aromatic rings. The summed E-state index contributed by atoms with van der Waals surface area (Å²) in [6, 6.07) is 6.50. The Morgan fingerprint density at radius 2 is 1.43 bits per heavy atom. The highest BCUT2D eigenvalue weighted by Crippen LogP contribution is 2.34. The Kier molecular flexibility index (Phi) is 5.44. The van der Waals surface area contributed by atoms with Crippen molar-refractivity contribution in [2.75, 3.05) is 5.75 Å². The predicted octanol–water partition coefficient (Wildman–Crippen LogP) is 5.37. The molecule has 0 aliphatic rings. The third-order valence-electron chi connectivity index (χ3n) is 4.38. The van der Waals surface area contributed by atoms with E-state index >= 15 is 0 Å². The van der Waals surface area contributed by atoms with Gasteiger partial charge in [-0.05, 0) is 35.9 Å². The van der Waals surface area contributed by atoms with E-state index in [0.29, 0.717) is 17.2 Å². The van der Waals surface area contributed by atoms with Gasteiger partial charge in [0.25, 0.3) is 0 Å². The lowest BCUT2D eigenvalue weighted by molar-refractivity contribution is -0.138. The molecule has 160 valence electrons. The van der Waals surface area contributed by atoms with E-state index in [2.05, 4.69) is 5.10 Å². The van der Waals surface area contributed by atoms with Gasteiger partial charge in [0.2, 0.25) is 0 Å². The molecule has 0 atom stereocenters. The van der Waals surface area contributed by atoms with Crippen LogP contribution in [0.4, 0.5) is 26.3 Å². The van der Waals surface area contributed by atoms with E-state index in [1.54, 1.807) is 0 Å². The van der Waals surface area contributed by atoms with Crippen LogP contribution in [-0.2, 0) is 22.2 Å². The van der Waals surface area contributed by atoms with E-state index in [-0.39, 0.29) is 5.69 Å². The van der Waals surface area contributed by atoms with Gasteiger partial charge < -0.3 is 0 Å². The lowest BCUT2D eigenvalue weighted by atomic mass is 10.1. The zero-order valence-electron chi connectivity index (χ0n) is 15.3. The predicted molar refractivity (Wildman–Crippen MR) is 96.7 cm³/mol. The molecule has 30 heavy (non-hydrogen) atoms. The second-order valence-electron chi connectivity index (χ2n) is 6.33. The molecule has 0 aliphatic carbocycles. The third kappa shape index (κ3) is 4.35. The van der Waals surface area contributed by atoms with Crippen molar-refractivity contribution in [3.63, 3.8) is 0 Å². The van der Waals surface area contributed by atoms with E-state index in [4.69, 9.17) is 0 Å². The Morgan fingerprint density at radius 1 is 0.867 bits per heavy atom. The summed E-state index contributed by atoms with van der Waals surface area (Å²) in [6.45, 7) is 1.30. The fraction of sp³-hybridized carbons (Fsp3) is 0.211. The first kappa shape index (κ1) is 21.9. The zero-order chi connectivity index (χ0) is 22.3. The van der Waals surface area contributed by atoms with Gasteiger partial charge in [-0.15, -0.1) is 0 Å². The molecule has 0 fully saturated rings. The van der Waals surface area contributed by atoms with Gasteiger partial charge in [-0.2, -0.15) is 31.4 Å². The summed E-state index contributed by atoms with van der Waals surface area (Å²) in [5, 5.41) is 3.98. The van der Waals surface area contributed by atoms with Gasteiger partial charge in [-0.1, -0.05) is 19.1 Å². The minimum Gasteiger partial charge on any atom is -0.239 e. The molecule has 0 saturated heterocycles. The minimum atomic E-state index is -4.73. The van der Waals surface area contributed by atoms with Gasteiger partial charge in [0.15, 0.2) is 9.84 Å². The summed E-state index contributed by atoms with van der Waals surface area (Å²) in [7, 11) is -4.02. The van der Waals surface area contributed by atoms with Crippen molar-refractivity contribution in [3.8, 4) is 16.8 Å². The smallest absolute Gasteiger partial charge is 0.239 e. The van der Waals surface area contributed by atoms with Crippen LogP contribution in [0.5, 0.6) is 0 Å². The number of rotatable bonds is 4. The number of hydrogen-bond donors (Lipinski definition) is 0. The van der Waals surface area contributed by atoms with Crippen LogP contribution in [0.1, 0.15) is 18.1 Å². The van der Waals surface area contributed by atoms with Gasteiger partial charge >= 0.3 is 12.4 Å². The van der Waals surface area contributed by atoms with Crippen molar-refractivity contribution in [1.82, 2.24) is 9.78 Å². The summed E-state index contributed by atoms with van der Waals surface area (Å²) in [5.74, 6) is -0.422. The fourth-order valence-corrected chi connectivity index (χ4v) is 3.84. The number of aromatic nitrogens is 2. The van der Waals surface area contributed by atoms with Gasteiger partial charge in [-0.25, -0.2) is 13.1 Å². The first-order valence-electron chi connectivity index (χ1n) is 8.49. The Labute approximate surface area is 167 Å². The van der Waals surface area contributed by atoms with E-state index in [0.717, 1.165) is 28.9 Å². The van der Waals surface area contributed by atoms with Gasteiger partial charge in [-0.3, -0.25) is 0 Å². The molecule has 0 radical (unpaired) electrons. The highest BCUT2D eigenvalue weighted by Gasteiger charge is 2.33. The average Bonchev–Trinajstić information content (AvgIpc) is 3.16. The Bertz CT molecular complexity index is 1160. The van der Waals surface area contributed by atoms with Gasteiger partial charge in [0.1, 0.15) is 0 Å². The lowest BCUT2D eigenvalue weighted by Gasteiger charge is -2.13. The third-order valence-corrected chi connectivity index (χ3v) is 6.13. The number of hydrogen-bond acceptors (Lipinski definition) is 3. The van der Waals surface area contributed by atoms with E-state index in [1.165, 1.54) is 31.5 Å². The maximum atomic E-state index is 13.0. The molecule has 2 aromatic carbocycles. The summed E-state index contributed by atoms with van der Waals surface area (Å²) >= 11 is 0. The number of alkyl halides is 6. The zero-order valence-corrected chi connectivity index (χ0v) is 16.1. The van der Waals surface area contributed by atoms with E-state index in [9.17, 15) is 34.8 Å². The van der Waals surface area contributed by atoms with Crippen LogP contribution < -0.4 is 0 Å². The molecule has 0 unspecified atom stereocenters. The summed E-state index contributed by atoms with van der Waals surface area (Å²) in [6.07, 6.45) is -6.61. The van der Waals surface area contributed by atoms with Crippen molar-refractivity contribution in [1.29, 1.82) is 0 Å². The molecule has 4 nitrogen and oxygen atoms in total. The largest absolute Gasteiger partial charge is 0.416 e. The molecular formula is C19H14F6N2O2S. The maximum Gasteiger partial charge on any atom is 0.416 e. The van der Waals surface area contributed by atoms with Crippen molar-refractivity contribution in [2.45, 2.75) is 24.2 Å². The maximum absolute atomic E-state index is 13.0. The molecule has 0 spiro atoms. The van der Waals surface area contributed by atoms with Crippen LogP contribution in [0.3, 0.4) is 0 Å². The first-order chi connectivity index (χ1) is 13.8. The average molecular weight is 448 g/mol. The van der Waals surface area contributed by atoms with Crippen LogP contribution in [0.2, 0.25) is 0 Å². The summed E-state index contributed by atoms with van der Waals surface area (Å²) in [5.41, 5.74) is -1.31. The van der Waals surface area contributed by atoms with Crippen LogP contribution in [0, 0.1) is 0 Å². The molecule has 1 aromatic heterocycles. The SMILES string of the molecule is CCS(=O)(=O)c1cc(C(F)(F)F)ccc1-n1cc(-c2ccc(C(F)(F)F)cc2)cn1. The number of halogens is 6. The normalized spacial score (nSPS) is 12.9. The Balaban J connectivity index is 2.06. The van der Waals surface area contributed by atoms with E-state index in [1.807, 2.05) is 0 Å². The minimum absolute atomic E-state index is 0.0944. The van der Waals surface area contributed by atoms with Crippen LogP contribution in [-0.4, -0.2) is 24.0 Å². The monoisotopic (exact) mass is 448 g/mol. The highest BCUT2D eigenvalue weighted by atomic mass is 32.2. The fourth-order valence-electron chi connectivity index (χ4n) is 2.74. The van der Waals surface area contributed by atoms with Crippen molar-refractivity contribution in [2.24, 2.45) is 0 Å². The number of sulfone groups is 1. The number of nitrogens with zero attached hydrogens (tertiary/aromatic N) is 2. The standard InChI is InChI=1S/C19H14F6N2O2S/c1-2-30(28,29)17-9-15(19(23,24)25)7-8-16(17)27-11-13(10-26-27)12-3-5-14(6-4-12)18(20,21)22/h3-11H,2H2,1H3. The molecule has 0 bridgehead atoms. The Morgan fingerprint density at radius 3 is 1.97 bits per heavy atom. The molecule has 0 saturated carbocycles. The topological polar surface area (TPSA) is 52.0 Å². The van der Waals surface area contributed by atoms with Gasteiger partial charge in [0, 0.05) is 11.8 Å². The summed E-state index contributed by atoms with van der Waals surface area (Å²) < 4.78 is 103. The van der Waals surface area contributed by atoms with E-state index < -0.39 is 44.0 Å². The second kappa shape index (κ2) is 7.46. The molecule has 1 heterocycles. The molecule has 11 heteroatoms. The summed E-state index contributed by atoms with van der Waals surface area (Å²) in [4.78, 5) is -0.540. The molecular weight excluding hydrogens is 434 g/mol. The second-order valence-corrected chi connectivity index (χ2v) is 8.58. The Hall–Kier alpha value is -2.82. The molecule has 0 N–H and O–H groups in total. The molecule has 0 amide bonds.